The standard InChI is InChI=1S/C13H25N3O4S/c1-15(2)12(17)16-7-4-13(5-8-16)6-9-20-10-11(13)14-21(3,18)19/h11,14H,4-10H2,1-3H3. The lowest BCUT2D eigenvalue weighted by Crippen LogP contribution is -2.58. The summed E-state index contributed by atoms with van der Waals surface area (Å²) in [7, 11) is 0.229. The largest absolute Gasteiger partial charge is 0.380 e. The fourth-order valence-electron chi connectivity index (χ4n) is 3.27. The number of carbonyl (C=O) groups excluding carboxylic acids is 1. The van der Waals surface area contributed by atoms with Gasteiger partial charge in [-0.1, -0.05) is 0 Å². The van der Waals surface area contributed by atoms with Crippen LogP contribution in [0, 0.1) is 5.41 Å². The molecule has 1 atom stereocenters. The maximum atomic E-state index is 12.0. The summed E-state index contributed by atoms with van der Waals surface area (Å²) < 4.78 is 31.3. The number of urea groups is 1. The molecule has 0 aromatic heterocycles. The smallest absolute Gasteiger partial charge is 0.319 e. The Labute approximate surface area is 126 Å². The Bertz CT molecular complexity index is 484. The minimum atomic E-state index is -3.26. The fraction of sp³-hybridized carbons (Fsp3) is 0.923. The van der Waals surface area contributed by atoms with E-state index >= 15 is 0 Å². The van der Waals surface area contributed by atoms with E-state index in [0.717, 1.165) is 19.3 Å². The van der Waals surface area contributed by atoms with Crippen molar-refractivity contribution < 1.29 is 17.9 Å². The molecule has 0 bridgehead atoms. The van der Waals surface area contributed by atoms with Crippen LogP contribution < -0.4 is 4.72 Å². The quantitative estimate of drug-likeness (QED) is 0.782. The Morgan fingerprint density at radius 3 is 2.43 bits per heavy atom. The molecular formula is C13H25N3O4S. The zero-order chi connectivity index (χ0) is 15.7. The number of nitrogens with zero attached hydrogens (tertiary/aromatic N) is 2. The number of nitrogens with one attached hydrogen (secondary N) is 1. The van der Waals surface area contributed by atoms with Gasteiger partial charge in [-0.15, -0.1) is 0 Å². The van der Waals surface area contributed by atoms with Crippen molar-refractivity contribution in [1.29, 1.82) is 0 Å². The second kappa shape index (κ2) is 6.10. The molecule has 8 heteroatoms. The number of hydrogen-bond donors (Lipinski definition) is 1. The van der Waals surface area contributed by atoms with Gasteiger partial charge in [-0.2, -0.15) is 0 Å². The third-order valence-electron chi connectivity index (χ3n) is 4.54. The van der Waals surface area contributed by atoms with Gasteiger partial charge in [-0.05, 0) is 24.7 Å². The van der Waals surface area contributed by atoms with Gasteiger partial charge < -0.3 is 14.5 Å². The Balaban J connectivity index is 2.06. The maximum Gasteiger partial charge on any atom is 0.319 e. The molecule has 0 aromatic carbocycles. The number of amides is 2. The summed E-state index contributed by atoms with van der Waals surface area (Å²) in [6.07, 6.45) is 3.64. The number of piperidine rings is 1. The minimum Gasteiger partial charge on any atom is -0.380 e. The van der Waals surface area contributed by atoms with E-state index < -0.39 is 10.0 Å². The second-order valence-electron chi connectivity index (χ2n) is 6.29. The second-order valence-corrected chi connectivity index (χ2v) is 8.07. The van der Waals surface area contributed by atoms with Gasteiger partial charge in [0.15, 0.2) is 0 Å². The van der Waals surface area contributed by atoms with E-state index in [0.29, 0.717) is 26.3 Å². The van der Waals surface area contributed by atoms with Gasteiger partial charge in [0.1, 0.15) is 0 Å². The molecule has 0 aliphatic carbocycles. The number of carbonyl (C=O) groups is 1. The van der Waals surface area contributed by atoms with Crippen LogP contribution >= 0.6 is 0 Å². The van der Waals surface area contributed by atoms with Crippen LogP contribution in [-0.4, -0.2) is 76.9 Å². The van der Waals surface area contributed by atoms with E-state index in [9.17, 15) is 13.2 Å². The first kappa shape index (κ1) is 16.5. The van der Waals surface area contributed by atoms with Crippen LogP contribution in [0.15, 0.2) is 0 Å². The van der Waals surface area contributed by atoms with Crippen LogP contribution in [0.3, 0.4) is 0 Å². The Morgan fingerprint density at radius 1 is 1.29 bits per heavy atom. The maximum absolute atomic E-state index is 12.0. The third kappa shape index (κ3) is 3.87. The topological polar surface area (TPSA) is 79.0 Å². The van der Waals surface area contributed by atoms with Crippen molar-refractivity contribution in [3.05, 3.63) is 0 Å². The summed E-state index contributed by atoms with van der Waals surface area (Å²) in [5.74, 6) is 0. The molecule has 1 spiro atoms. The van der Waals surface area contributed by atoms with Crippen molar-refractivity contribution in [1.82, 2.24) is 14.5 Å². The Hall–Kier alpha value is -0.860. The highest BCUT2D eigenvalue weighted by molar-refractivity contribution is 7.88. The molecule has 0 saturated carbocycles. The monoisotopic (exact) mass is 319 g/mol. The molecule has 1 N–H and O–H groups in total. The Kier molecular flexibility index (Phi) is 4.79. The first-order valence-electron chi connectivity index (χ1n) is 7.25. The molecule has 0 aromatic rings. The highest BCUT2D eigenvalue weighted by Gasteiger charge is 2.45. The predicted molar refractivity (Wildman–Crippen MR) is 79.5 cm³/mol. The highest BCUT2D eigenvalue weighted by Crippen LogP contribution is 2.41. The van der Waals surface area contributed by atoms with E-state index in [1.807, 2.05) is 4.90 Å². The molecule has 122 valence electrons. The molecule has 0 radical (unpaired) electrons. The first-order chi connectivity index (χ1) is 9.73. The summed E-state index contributed by atoms with van der Waals surface area (Å²) in [6.45, 7) is 2.40. The van der Waals surface area contributed by atoms with Crippen molar-refractivity contribution in [3.63, 3.8) is 0 Å². The van der Waals surface area contributed by atoms with Crippen LogP contribution in [0.4, 0.5) is 4.79 Å². The van der Waals surface area contributed by atoms with E-state index in [2.05, 4.69) is 4.72 Å². The summed E-state index contributed by atoms with van der Waals surface area (Å²) >= 11 is 0. The Morgan fingerprint density at radius 2 is 1.90 bits per heavy atom. The van der Waals surface area contributed by atoms with Crippen molar-refractivity contribution >= 4 is 16.1 Å². The fourth-order valence-corrected chi connectivity index (χ4v) is 4.10. The van der Waals surface area contributed by atoms with Crippen LogP contribution in [0.5, 0.6) is 0 Å². The number of likely N-dealkylation sites (tertiary alicyclic amines) is 1. The zero-order valence-corrected chi connectivity index (χ0v) is 13.8. The lowest BCUT2D eigenvalue weighted by atomic mass is 9.69. The third-order valence-corrected chi connectivity index (χ3v) is 5.25. The van der Waals surface area contributed by atoms with Crippen molar-refractivity contribution in [2.24, 2.45) is 5.41 Å². The molecule has 2 heterocycles. The number of rotatable bonds is 2. The molecular weight excluding hydrogens is 294 g/mol. The number of sulfonamides is 1. The molecule has 2 saturated heterocycles. The van der Waals surface area contributed by atoms with Gasteiger partial charge in [-0.25, -0.2) is 17.9 Å². The van der Waals surface area contributed by atoms with Crippen molar-refractivity contribution in [3.8, 4) is 0 Å². The average Bonchev–Trinajstić information content (AvgIpc) is 2.40. The lowest BCUT2D eigenvalue weighted by Gasteiger charge is -2.49. The van der Waals surface area contributed by atoms with Crippen molar-refractivity contribution in [2.75, 3.05) is 46.7 Å². The van der Waals surface area contributed by atoms with E-state index in [1.165, 1.54) is 6.26 Å². The van der Waals surface area contributed by atoms with E-state index in [4.69, 9.17) is 4.74 Å². The first-order valence-corrected chi connectivity index (χ1v) is 9.14. The van der Waals surface area contributed by atoms with Crippen LogP contribution in [-0.2, 0) is 14.8 Å². The summed E-state index contributed by atoms with van der Waals surface area (Å²) in [6, 6.07) is -0.178. The molecule has 7 nitrogen and oxygen atoms in total. The van der Waals surface area contributed by atoms with Gasteiger partial charge in [0.25, 0.3) is 0 Å². The molecule has 2 amide bonds. The molecule has 2 rings (SSSR count). The molecule has 2 aliphatic heterocycles. The average molecular weight is 319 g/mol. The summed E-state index contributed by atoms with van der Waals surface area (Å²) in [5.41, 5.74) is -0.0928. The van der Waals surface area contributed by atoms with Crippen LogP contribution in [0.1, 0.15) is 19.3 Å². The van der Waals surface area contributed by atoms with E-state index in [-0.39, 0.29) is 17.5 Å². The van der Waals surface area contributed by atoms with Gasteiger partial charge in [0, 0.05) is 33.8 Å². The minimum absolute atomic E-state index is 0.0181. The zero-order valence-electron chi connectivity index (χ0n) is 13.0. The van der Waals surface area contributed by atoms with E-state index in [1.54, 1.807) is 19.0 Å². The SMILES string of the molecule is CN(C)C(=O)N1CCC2(CCOCC2NS(C)(=O)=O)CC1. The number of ether oxygens (including phenoxy) is 1. The molecule has 21 heavy (non-hydrogen) atoms. The highest BCUT2D eigenvalue weighted by atomic mass is 32.2. The lowest BCUT2D eigenvalue weighted by molar-refractivity contribution is -0.0391. The van der Waals surface area contributed by atoms with Gasteiger partial charge in [-0.3, -0.25) is 0 Å². The molecule has 2 aliphatic rings. The molecule has 1 unspecified atom stereocenters. The summed E-state index contributed by atoms with van der Waals surface area (Å²) in [5, 5.41) is 0. The van der Waals surface area contributed by atoms with Crippen LogP contribution in [0.25, 0.3) is 0 Å². The van der Waals surface area contributed by atoms with Gasteiger partial charge in [0.2, 0.25) is 10.0 Å². The van der Waals surface area contributed by atoms with Gasteiger partial charge >= 0.3 is 6.03 Å². The van der Waals surface area contributed by atoms with Crippen LogP contribution in [0.2, 0.25) is 0 Å². The molecule has 2 fully saturated rings. The summed E-state index contributed by atoms with van der Waals surface area (Å²) in [4.78, 5) is 15.4. The normalized spacial score (nSPS) is 25.9. The predicted octanol–water partition coefficient (Wildman–Crippen LogP) is 0.0883. The number of hydrogen-bond acceptors (Lipinski definition) is 4. The van der Waals surface area contributed by atoms with Gasteiger partial charge in [0.05, 0.1) is 18.9 Å². The van der Waals surface area contributed by atoms with Crippen molar-refractivity contribution in [2.45, 2.75) is 25.3 Å².